The molecule has 0 aromatic carbocycles. The van der Waals surface area contributed by atoms with Crippen molar-refractivity contribution < 1.29 is 9.47 Å². The summed E-state index contributed by atoms with van der Waals surface area (Å²) in [5.41, 5.74) is 0. The molecule has 0 atom stereocenters. The molecule has 0 saturated heterocycles. The summed E-state index contributed by atoms with van der Waals surface area (Å²) in [6, 6.07) is 0. The molecule has 0 unspecified atom stereocenters. The average molecular weight is 155 g/mol. The maximum Gasteiger partial charge on any atom is 0.214 e. The fourth-order valence-electron chi connectivity index (χ4n) is 0.0962. The van der Waals surface area contributed by atoms with Gasteiger partial charge in [0, 0.05) is 14.2 Å². The Morgan fingerprint density at radius 1 is 1.33 bits per heavy atom. The number of hydrogen-bond donors (Lipinski definition) is 0. The van der Waals surface area contributed by atoms with Crippen molar-refractivity contribution in [1.82, 2.24) is 0 Å². The molecule has 0 amide bonds. The van der Waals surface area contributed by atoms with Crippen LogP contribution < -0.4 is 0 Å². The molecule has 0 spiro atoms. The molecular formula is C3H7BrO2. The van der Waals surface area contributed by atoms with Crippen LogP contribution in [0.4, 0.5) is 0 Å². The minimum absolute atomic E-state index is 0.252. The van der Waals surface area contributed by atoms with Crippen molar-refractivity contribution >= 4 is 15.9 Å². The van der Waals surface area contributed by atoms with Crippen molar-refractivity contribution in [3.8, 4) is 0 Å². The first kappa shape index (κ1) is 6.40. The zero-order valence-electron chi connectivity index (χ0n) is 3.77. The van der Waals surface area contributed by atoms with Gasteiger partial charge in [-0.15, -0.1) is 0 Å². The lowest BCUT2D eigenvalue weighted by molar-refractivity contribution is -0.0287. The number of hydrogen-bond acceptors (Lipinski definition) is 2. The van der Waals surface area contributed by atoms with Gasteiger partial charge in [0.15, 0.2) is 0 Å². The Kier molecular flexibility index (Phi) is 3.82. The molecule has 3 heteroatoms. The monoisotopic (exact) mass is 154 g/mol. The lowest BCUT2D eigenvalue weighted by Crippen LogP contribution is -2.00. The van der Waals surface area contributed by atoms with E-state index in [0.29, 0.717) is 0 Å². The van der Waals surface area contributed by atoms with Gasteiger partial charge in [0.2, 0.25) is 5.20 Å². The van der Waals surface area contributed by atoms with Gasteiger partial charge in [0.1, 0.15) is 0 Å². The van der Waals surface area contributed by atoms with E-state index < -0.39 is 0 Å². The Hall–Kier alpha value is 0.400. The van der Waals surface area contributed by atoms with Gasteiger partial charge < -0.3 is 9.47 Å². The second-order valence-corrected chi connectivity index (χ2v) is 1.49. The van der Waals surface area contributed by atoms with Gasteiger partial charge in [-0.25, -0.2) is 0 Å². The Balaban J connectivity index is 2.75. The third-order valence-corrected chi connectivity index (χ3v) is 1.12. The molecule has 0 N–H and O–H groups in total. The highest BCUT2D eigenvalue weighted by molar-refractivity contribution is 9.09. The van der Waals surface area contributed by atoms with Crippen molar-refractivity contribution in [3.63, 3.8) is 0 Å². The highest BCUT2D eigenvalue weighted by atomic mass is 79.9. The summed E-state index contributed by atoms with van der Waals surface area (Å²) in [7, 11) is 3.12. The molecular weight excluding hydrogens is 148 g/mol. The maximum absolute atomic E-state index is 4.59. The SMILES string of the molecule is COC(Br)OC. The van der Waals surface area contributed by atoms with Crippen molar-refractivity contribution in [1.29, 1.82) is 0 Å². The van der Waals surface area contributed by atoms with Crippen LogP contribution in [0.3, 0.4) is 0 Å². The predicted molar refractivity (Wildman–Crippen MR) is 26.7 cm³/mol. The van der Waals surface area contributed by atoms with Crippen LogP contribution >= 0.6 is 15.9 Å². The third-order valence-electron chi connectivity index (χ3n) is 0.371. The van der Waals surface area contributed by atoms with Gasteiger partial charge in [0.25, 0.3) is 0 Å². The van der Waals surface area contributed by atoms with Crippen molar-refractivity contribution in [2.75, 3.05) is 14.2 Å². The van der Waals surface area contributed by atoms with Crippen LogP contribution in [0.25, 0.3) is 0 Å². The van der Waals surface area contributed by atoms with Crippen LogP contribution in [-0.2, 0) is 9.47 Å². The molecule has 0 radical (unpaired) electrons. The van der Waals surface area contributed by atoms with Gasteiger partial charge in [-0.1, -0.05) is 0 Å². The molecule has 0 heterocycles. The van der Waals surface area contributed by atoms with Gasteiger partial charge >= 0.3 is 0 Å². The molecule has 0 aliphatic carbocycles. The van der Waals surface area contributed by atoms with Crippen molar-refractivity contribution in [2.45, 2.75) is 5.20 Å². The standard InChI is InChI=1S/C3H7BrO2/c1-5-3(4)6-2/h3H,1-2H3. The van der Waals surface area contributed by atoms with Crippen LogP contribution in [0.1, 0.15) is 0 Å². The van der Waals surface area contributed by atoms with Crippen LogP contribution in [0, 0.1) is 0 Å². The van der Waals surface area contributed by atoms with E-state index in [1.54, 1.807) is 14.2 Å². The zero-order chi connectivity index (χ0) is 4.99. The Morgan fingerprint density at radius 2 is 1.67 bits per heavy atom. The second-order valence-electron chi connectivity index (χ2n) is 0.746. The largest absolute Gasteiger partial charge is 0.347 e. The summed E-state index contributed by atoms with van der Waals surface area (Å²) in [5, 5.41) is -0.252. The number of ether oxygens (including phenoxy) is 2. The second kappa shape index (κ2) is 3.59. The van der Waals surface area contributed by atoms with Gasteiger partial charge in [0.05, 0.1) is 0 Å². The van der Waals surface area contributed by atoms with E-state index in [-0.39, 0.29) is 5.20 Å². The molecule has 0 fully saturated rings. The first-order chi connectivity index (χ1) is 2.81. The Bertz CT molecular complexity index is 28.0. The summed E-state index contributed by atoms with van der Waals surface area (Å²) < 4.78 is 9.19. The Morgan fingerprint density at radius 3 is 1.67 bits per heavy atom. The van der Waals surface area contributed by atoms with E-state index in [4.69, 9.17) is 0 Å². The van der Waals surface area contributed by atoms with Crippen LogP contribution in [-0.4, -0.2) is 19.4 Å². The van der Waals surface area contributed by atoms with E-state index in [1.807, 2.05) is 0 Å². The molecule has 0 rings (SSSR count). The molecule has 0 aliphatic heterocycles. The van der Waals surface area contributed by atoms with Gasteiger partial charge in [-0.05, 0) is 15.9 Å². The first-order valence-electron chi connectivity index (χ1n) is 1.51. The topological polar surface area (TPSA) is 18.5 Å². The number of methoxy groups -OCH3 is 2. The summed E-state index contributed by atoms with van der Waals surface area (Å²) in [6.45, 7) is 0. The fourth-order valence-corrected chi connectivity index (χ4v) is 0.0962. The van der Waals surface area contributed by atoms with E-state index >= 15 is 0 Å². The highest BCUT2D eigenvalue weighted by Crippen LogP contribution is 1.97. The number of alkyl halides is 1. The van der Waals surface area contributed by atoms with E-state index in [2.05, 4.69) is 25.4 Å². The summed E-state index contributed by atoms with van der Waals surface area (Å²) in [6.07, 6.45) is 0. The van der Waals surface area contributed by atoms with E-state index in [1.165, 1.54) is 0 Å². The predicted octanol–water partition coefficient (Wildman–Crippen LogP) is 0.958. The fraction of sp³-hybridized carbons (Fsp3) is 1.00. The minimum Gasteiger partial charge on any atom is -0.347 e. The smallest absolute Gasteiger partial charge is 0.214 e. The van der Waals surface area contributed by atoms with E-state index in [0.717, 1.165) is 0 Å². The van der Waals surface area contributed by atoms with E-state index in [9.17, 15) is 0 Å². The average Bonchev–Trinajstić information content (AvgIpc) is 1.65. The van der Waals surface area contributed by atoms with Crippen LogP contribution in [0.5, 0.6) is 0 Å². The van der Waals surface area contributed by atoms with Crippen molar-refractivity contribution in [3.05, 3.63) is 0 Å². The zero-order valence-corrected chi connectivity index (χ0v) is 5.36. The first-order valence-corrected chi connectivity index (χ1v) is 2.42. The van der Waals surface area contributed by atoms with Crippen LogP contribution in [0.15, 0.2) is 0 Å². The molecule has 2 nitrogen and oxygen atoms in total. The minimum atomic E-state index is -0.252. The molecule has 0 aliphatic rings. The molecule has 6 heavy (non-hydrogen) atoms. The molecule has 0 aromatic rings. The normalized spacial score (nSPS) is 10.0. The van der Waals surface area contributed by atoms with Gasteiger partial charge in [-0.2, -0.15) is 0 Å². The van der Waals surface area contributed by atoms with Gasteiger partial charge in [-0.3, -0.25) is 0 Å². The summed E-state index contributed by atoms with van der Waals surface area (Å²) in [4.78, 5) is 0. The molecule has 0 bridgehead atoms. The lowest BCUT2D eigenvalue weighted by Gasteiger charge is -2.00. The number of rotatable bonds is 2. The van der Waals surface area contributed by atoms with Crippen molar-refractivity contribution in [2.24, 2.45) is 0 Å². The van der Waals surface area contributed by atoms with Crippen LogP contribution in [0.2, 0.25) is 0 Å². The highest BCUT2D eigenvalue weighted by Gasteiger charge is 1.90. The summed E-state index contributed by atoms with van der Waals surface area (Å²) in [5.74, 6) is 0. The number of halogens is 1. The molecule has 38 valence electrons. The molecule has 0 aromatic heterocycles. The maximum atomic E-state index is 4.59. The summed E-state index contributed by atoms with van der Waals surface area (Å²) >= 11 is 3.03. The Labute approximate surface area is 45.6 Å². The lowest BCUT2D eigenvalue weighted by atomic mass is 11.4. The third kappa shape index (κ3) is 2.63. The quantitative estimate of drug-likeness (QED) is 0.436. The molecule has 0 saturated carbocycles.